The summed E-state index contributed by atoms with van der Waals surface area (Å²) in [5, 5.41) is 14.3. The van der Waals surface area contributed by atoms with Crippen LogP contribution in [0.1, 0.15) is 39.6 Å². The van der Waals surface area contributed by atoms with Crippen molar-refractivity contribution < 1.29 is 14.7 Å². The van der Waals surface area contributed by atoms with Gasteiger partial charge in [-0.2, -0.15) is 5.10 Å². The van der Waals surface area contributed by atoms with E-state index >= 15 is 0 Å². The fourth-order valence-electron chi connectivity index (χ4n) is 2.38. The highest BCUT2D eigenvalue weighted by molar-refractivity contribution is 7.99. The molecule has 0 fully saturated rings. The molecule has 22 heavy (non-hydrogen) atoms. The second kappa shape index (κ2) is 5.78. The van der Waals surface area contributed by atoms with Crippen molar-refractivity contribution in [2.45, 2.75) is 24.8 Å². The van der Waals surface area contributed by atoms with Gasteiger partial charge in [0.2, 0.25) is 5.88 Å². The number of aromatic nitrogens is 2. The van der Waals surface area contributed by atoms with Gasteiger partial charge >= 0.3 is 0 Å². The zero-order chi connectivity index (χ0) is 15.9. The Hall–Kier alpha value is -1.79. The molecule has 0 radical (unpaired) electrons. The van der Waals surface area contributed by atoms with Gasteiger partial charge < -0.3 is 5.11 Å². The maximum Gasteiger partial charge on any atom is 0.220 e. The third-order valence-corrected chi connectivity index (χ3v) is 5.08. The minimum absolute atomic E-state index is 0.0150. The van der Waals surface area contributed by atoms with Gasteiger partial charge in [0, 0.05) is 34.7 Å². The lowest BCUT2D eigenvalue weighted by atomic mass is 10.00. The van der Waals surface area contributed by atoms with Crippen LogP contribution in [0.15, 0.2) is 23.2 Å². The number of fused-ring (bicyclic) bond motifs is 1. The lowest BCUT2D eigenvalue weighted by Crippen LogP contribution is -2.11. The summed E-state index contributed by atoms with van der Waals surface area (Å²) >= 11 is 7.72. The standard InChI is InChI=1S/C15H13ClN2O3S/c1-2-18-15(21)10(7-17-18)13(20)8-5-9-12(19)3-4-22-14(9)11(16)6-8/h5-7,21H,2-4H2,1H3. The average Bonchev–Trinajstić information content (AvgIpc) is 2.88. The van der Waals surface area contributed by atoms with Crippen LogP contribution in [0.3, 0.4) is 0 Å². The van der Waals surface area contributed by atoms with Crippen LogP contribution in [-0.4, -0.2) is 32.2 Å². The number of hydrogen-bond donors (Lipinski definition) is 1. The molecule has 114 valence electrons. The van der Waals surface area contributed by atoms with E-state index in [1.165, 1.54) is 28.7 Å². The lowest BCUT2D eigenvalue weighted by molar-refractivity contribution is 0.0985. The number of ketones is 2. The Morgan fingerprint density at radius 3 is 2.95 bits per heavy atom. The first kappa shape index (κ1) is 15.1. The number of aryl methyl sites for hydroxylation is 1. The summed E-state index contributed by atoms with van der Waals surface area (Å²) in [6.07, 6.45) is 1.76. The third-order valence-electron chi connectivity index (χ3n) is 3.54. The first-order chi connectivity index (χ1) is 10.5. The molecule has 0 aliphatic carbocycles. The van der Waals surface area contributed by atoms with E-state index in [4.69, 9.17) is 11.6 Å². The van der Waals surface area contributed by atoms with E-state index in [2.05, 4.69) is 5.10 Å². The predicted octanol–water partition coefficient (Wildman–Crippen LogP) is 3.17. The first-order valence-corrected chi connectivity index (χ1v) is 8.18. The molecular weight excluding hydrogens is 324 g/mol. The van der Waals surface area contributed by atoms with Crippen LogP contribution in [0.5, 0.6) is 5.88 Å². The quantitative estimate of drug-likeness (QED) is 0.871. The number of thioether (sulfide) groups is 1. The van der Waals surface area contributed by atoms with Crippen molar-refractivity contribution in [2.75, 3.05) is 5.75 Å². The molecule has 1 aliphatic rings. The summed E-state index contributed by atoms with van der Waals surface area (Å²) < 4.78 is 1.33. The smallest absolute Gasteiger partial charge is 0.220 e. The van der Waals surface area contributed by atoms with Crippen molar-refractivity contribution >= 4 is 34.9 Å². The van der Waals surface area contributed by atoms with Gasteiger partial charge in [-0.15, -0.1) is 11.8 Å². The molecule has 1 aromatic heterocycles. The largest absolute Gasteiger partial charge is 0.493 e. The minimum Gasteiger partial charge on any atom is -0.493 e. The Morgan fingerprint density at radius 2 is 2.27 bits per heavy atom. The van der Waals surface area contributed by atoms with Crippen molar-refractivity contribution in [3.05, 3.63) is 40.0 Å². The maximum absolute atomic E-state index is 12.6. The highest BCUT2D eigenvalue weighted by Crippen LogP contribution is 2.37. The van der Waals surface area contributed by atoms with Crippen LogP contribution < -0.4 is 0 Å². The molecule has 0 saturated heterocycles. The van der Waals surface area contributed by atoms with Gasteiger partial charge in [-0.25, -0.2) is 4.68 Å². The number of carbonyl (C=O) groups excluding carboxylic acids is 2. The Balaban J connectivity index is 2.06. The summed E-state index contributed by atoms with van der Waals surface area (Å²) in [6.45, 7) is 2.27. The van der Waals surface area contributed by atoms with E-state index in [1.54, 1.807) is 6.07 Å². The number of carbonyl (C=O) groups is 2. The zero-order valence-electron chi connectivity index (χ0n) is 11.8. The Kier molecular flexibility index (Phi) is 3.97. The number of halogens is 1. The van der Waals surface area contributed by atoms with Crippen LogP contribution in [0, 0.1) is 0 Å². The van der Waals surface area contributed by atoms with Crippen molar-refractivity contribution in [1.29, 1.82) is 0 Å². The average molecular weight is 337 g/mol. The van der Waals surface area contributed by atoms with Crippen molar-refractivity contribution in [3.8, 4) is 5.88 Å². The Bertz CT molecular complexity index is 785. The number of aromatic hydroxyl groups is 1. The van der Waals surface area contributed by atoms with Gasteiger partial charge in [0.15, 0.2) is 11.6 Å². The van der Waals surface area contributed by atoms with Crippen LogP contribution in [0.2, 0.25) is 5.02 Å². The molecule has 0 unspecified atom stereocenters. The molecule has 0 spiro atoms. The van der Waals surface area contributed by atoms with Gasteiger partial charge in [0.25, 0.3) is 0 Å². The fraction of sp³-hybridized carbons (Fsp3) is 0.267. The molecule has 0 amide bonds. The first-order valence-electron chi connectivity index (χ1n) is 6.82. The predicted molar refractivity (Wildman–Crippen MR) is 84.1 cm³/mol. The summed E-state index contributed by atoms with van der Waals surface area (Å²) in [5.41, 5.74) is 0.869. The summed E-state index contributed by atoms with van der Waals surface area (Å²) in [4.78, 5) is 25.3. The summed E-state index contributed by atoms with van der Waals surface area (Å²) in [6, 6.07) is 3.10. The zero-order valence-corrected chi connectivity index (χ0v) is 13.4. The second-order valence-electron chi connectivity index (χ2n) is 4.88. The highest BCUT2D eigenvalue weighted by Gasteiger charge is 2.25. The summed E-state index contributed by atoms with van der Waals surface area (Å²) in [5.74, 6) is 0.106. The maximum atomic E-state index is 12.6. The molecule has 1 aliphatic heterocycles. The van der Waals surface area contributed by atoms with Crippen LogP contribution in [-0.2, 0) is 6.54 Å². The molecule has 5 nitrogen and oxygen atoms in total. The topological polar surface area (TPSA) is 72.2 Å². The number of nitrogens with zero attached hydrogens (tertiary/aromatic N) is 2. The van der Waals surface area contributed by atoms with E-state index in [0.29, 0.717) is 29.3 Å². The van der Waals surface area contributed by atoms with Gasteiger partial charge in [-0.05, 0) is 19.1 Å². The minimum atomic E-state index is -0.398. The molecule has 7 heteroatoms. The monoisotopic (exact) mass is 336 g/mol. The van der Waals surface area contributed by atoms with Crippen LogP contribution >= 0.6 is 23.4 Å². The molecule has 3 rings (SSSR count). The number of benzene rings is 1. The fourth-order valence-corrected chi connectivity index (χ4v) is 3.78. The van der Waals surface area contributed by atoms with Gasteiger partial charge in [-0.1, -0.05) is 11.6 Å². The van der Waals surface area contributed by atoms with Crippen LogP contribution in [0.25, 0.3) is 0 Å². The molecule has 0 saturated carbocycles. The van der Waals surface area contributed by atoms with E-state index in [9.17, 15) is 14.7 Å². The molecule has 2 heterocycles. The molecular formula is C15H13ClN2O3S. The third kappa shape index (κ3) is 2.42. The van der Waals surface area contributed by atoms with E-state index in [1.807, 2.05) is 6.92 Å². The van der Waals surface area contributed by atoms with E-state index in [-0.39, 0.29) is 22.8 Å². The van der Waals surface area contributed by atoms with Gasteiger partial charge in [0.1, 0.15) is 5.56 Å². The second-order valence-corrected chi connectivity index (χ2v) is 6.40. The molecule has 0 bridgehead atoms. The molecule has 0 atom stereocenters. The molecule has 1 N–H and O–H groups in total. The van der Waals surface area contributed by atoms with Crippen LogP contribution in [0.4, 0.5) is 0 Å². The molecule has 1 aromatic carbocycles. The number of Topliss-reactive ketones (excluding diaryl/α,β-unsaturated/α-hetero) is 1. The Morgan fingerprint density at radius 1 is 1.50 bits per heavy atom. The van der Waals surface area contributed by atoms with Crippen molar-refractivity contribution in [3.63, 3.8) is 0 Å². The Labute approximate surface area is 136 Å². The highest BCUT2D eigenvalue weighted by atomic mass is 35.5. The SMILES string of the molecule is CCn1ncc(C(=O)c2cc(Cl)c3c(c2)C(=O)CCS3)c1O. The molecule has 2 aromatic rings. The van der Waals surface area contributed by atoms with E-state index < -0.39 is 5.78 Å². The number of hydrogen-bond acceptors (Lipinski definition) is 5. The normalized spacial score (nSPS) is 14.0. The van der Waals surface area contributed by atoms with Gasteiger partial charge in [0.05, 0.1) is 11.2 Å². The van der Waals surface area contributed by atoms with Gasteiger partial charge in [-0.3, -0.25) is 9.59 Å². The van der Waals surface area contributed by atoms with Crippen molar-refractivity contribution in [2.24, 2.45) is 0 Å². The number of rotatable bonds is 3. The summed E-state index contributed by atoms with van der Waals surface area (Å²) in [7, 11) is 0. The lowest BCUT2D eigenvalue weighted by Gasteiger charge is -2.16. The van der Waals surface area contributed by atoms with Crippen molar-refractivity contribution in [1.82, 2.24) is 9.78 Å². The van der Waals surface area contributed by atoms with E-state index in [0.717, 1.165) is 4.90 Å².